The van der Waals surface area contributed by atoms with Gasteiger partial charge in [0.15, 0.2) is 0 Å². The SMILES string of the molecule is CNC(Cc1ccn(C)n1)c1cccc(F)c1Cl. The minimum atomic E-state index is -0.393. The normalized spacial score (nSPS) is 12.7. The summed E-state index contributed by atoms with van der Waals surface area (Å²) in [5.74, 6) is -0.393. The van der Waals surface area contributed by atoms with Gasteiger partial charge in [-0.2, -0.15) is 5.10 Å². The fourth-order valence-corrected chi connectivity index (χ4v) is 2.20. The van der Waals surface area contributed by atoms with Gasteiger partial charge in [-0.05, 0) is 24.7 Å². The van der Waals surface area contributed by atoms with Crippen LogP contribution in [0.4, 0.5) is 4.39 Å². The third kappa shape index (κ3) is 2.71. The number of rotatable bonds is 4. The lowest BCUT2D eigenvalue weighted by Crippen LogP contribution is -2.19. The highest BCUT2D eigenvalue weighted by molar-refractivity contribution is 6.31. The molecule has 1 aromatic heterocycles. The number of nitrogens with one attached hydrogen (secondary N) is 1. The first kappa shape index (κ1) is 13.1. The molecule has 0 bridgehead atoms. The lowest BCUT2D eigenvalue weighted by Gasteiger charge is -2.17. The second-order valence-electron chi connectivity index (χ2n) is 4.17. The van der Waals surface area contributed by atoms with E-state index in [0.29, 0.717) is 6.42 Å². The predicted molar refractivity (Wildman–Crippen MR) is 70.1 cm³/mol. The van der Waals surface area contributed by atoms with E-state index in [1.54, 1.807) is 10.7 Å². The van der Waals surface area contributed by atoms with Crippen LogP contribution in [0.2, 0.25) is 5.02 Å². The summed E-state index contributed by atoms with van der Waals surface area (Å²) in [6.07, 6.45) is 2.55. The van der Waals surface area contributed by atoms with E-state index in [4.69, 9.17) is 11.6 Å². The maximum Gasteiger partial charge on any atom is 0.142 e. The molecule has 1 N–H and O–H groups in total. The minimum Gasteiger partial charge on any atom is -0.313 e. The smallest absolute Gasteiger partial charge is 0.142 e. The van der Waals surface area contributed by atoms with Crippen molar-refractivity contribution in [1.29, 1.82) is 0 Å². The quantitative estimate of drug-likeness (QED) is 0.923. The van der Waals surface area contributed by atoms with Gasteiger partial charge in [0.25, 0.3) is 0 Å². The summed E-state index contributed by atoms with van der Waals surface area (Å²) in [5, 5.41) is 7.63. The van der Waals surface area contributed by atoms with Gasteiger partial charge in [-0.15, -0.1) is 0 Å². The molecule has 0 saturated carbocycles. The Morgan fingerprint density at radius 3 is 2.83 bits per heavy atom. The number of halogens is 2. The van der Waals surface area contributed by atoms with Gasteiger partial charge in [0.2, 0.25) is 0 Å². The summed E-state index contributed by atoms with van der Waals surface area (Å²) < 4.78 is 15.2. The summed E-state index contributed by atoms with van der Waals surface area (Å²) >= 11 is 6.00. The van der Waals surface area contributed by atoms with Gasteiger partial charge in [0.1, 0.15) is 5.82 Å². The standard InChI is InChI=1S/C13H15ClFN3/c1-16-12(8-9-6-7-18(2)17-9)10-4-3-5-11(15)13(10)14/h3-7,12,16H,8H2,1-2H3. The number of nitrogens with zero attached hydrogens (tertiary/aromatic N) is 2. The van der Waals surface area contributed by atoms with E-state index in [1.807, 2.05) is 32.4 Å². The van der Waals surface area contributed by atoms with Crippen molar-refractivity contribution in [2.45, 2.75) is 12.5 Å². The maximum absolute atomic E-state index is 13.4. The van der Waals surface area contributed by atoms with Crippen molar-refractivity contribution in [3.8, 4) is 0 Å². The van der Waals surface area contributed by atoms with Crippen LogP contribution < -0.4 is 5.32 Å². The van der Waals surface area contributed by atoms with E-state index in [-0.39, 0.29) is 11.1 Å². The maximum atomic E-state index is 13.4. The summed E-state index contributed by atoms with van der Waals surface area (Å²) in [6.45, 7) is 0. The van der Waals surface area contributed by atoms with E-state index >= 15 is 0 Å². The van der Waals surface area contributed by atoms with E-state index in [9.17, 15) is 4.39 Å². The zero-order chi connectivity index (χ0) is 13.1. The lowest BCUT2D eigenvalue weighted by molar-refractivity contribution is 0.567. The van der Waals surface area contributed by atoms with Gasteiger partial charge in [-0.25, -0.2) is 4.39 Å². The summed E-state index contributed by atoms with van der Waals surface area (Å²) in [4.78, 5) is 0. The molecule has 2 rings (SSSR count). The molecule has 5 heteroatoms. The molecule has 3 nitrogen and oxygen atoms in total. The zero-order valence-corrected chi connectivity index (χ0v) is 11.1. The average molecular weight is 268 g/mol. The molecular weight excluding hydrogens is 253 g/mol. The number of aryl methyl sites for hydroxylation is 1. The highest BCUT2D eigenvalue weighted by Gasteiger charge is 2.16. The van der Waals surface area contributed by atoms with Crippen LogP contribution in [0.1, 0.15) is 17.3 Å². The van der Waals surface area contributed by atoms with Gasteiger partial charge in [-0.1, -0.05) is 23.7 Å². The molecule has 0 fully saturated rings. The first-order valence-corrected chi connectivity index (χ1v) is 6.09. The second kappa shape index (κ2) is 5.50. The monoisotopic (exact) mass is 267 g/mol. The topological polar surface area (TPSA) is 29.9 Å². The number of likely N-dealkylation sites (N-methyl/N-ethyl adjacent to an activating group) is 1. The van der Waals surface area contributed by atoms with Crippen LogP contribution in [-0.2, 0) is 13.5 Å². The molecule has 18 heavy (non-hydrogen) atoms. The molecule has 0 saturated heterocycles. The molecule has 0 spiro atoms. The predicted octanol–water partition coefficient (Wildman–Crippen LogP) is 2.72. The molecule has 0 aliphatic heterocycles. The average Bonchev–Trinajstić information content (AvgIpc) is 2.76. The fourth-order valence-electron chi connectivity index (χ4n) is 1.94. The molecule has 0 aliphatic rings. The molecule has 1 heterocycles. The molecule has 1 atom stereocenters. The van der Waals surface area contributed by atoms with Gasteiger partial charge in [0, 0.05) is 25.7 Å². The van der Waals surface area contributed by atoms with E-state index in [0.717, 1.165) is 11.3 Å². The Morgan fingerprint density at radius 2 is 2.22 bits per heavy atom. The Bertz CT molecular complexity index is 539. The molecule has 96 valence electrons. The third-order valence-electron chi connectivity index (χ3n) is 2.89. The molecule has 1 aromatic carbocycles. The number of hydrogen-bond acceptors (Lipinski definition) is 2. The van der Waals surface area contributed by atoms with E-state index < -0.39 is 5.82 Å². The Hall–Kier alpha value is -1.39. The van der Waals surface area contributed by atoms with Crippen LogP contribution in [0.5, 0.6) is 0 Å². The van der Waals surface area contributed by atoms with Crippen LogP contribution in [0.25, 0.3) is 0 Å². The molecule has 0 amide bonds. The van der Waals surface area contributed by atoms with Crippen molar-refractivity contribution in [2.75, 3.05) is 7.05 Å². The van der Waals surface area contributed by atoms with Crippen LogP contribution in [0.15, 0.2) is 30.5 Å². The summed E-state index contributed by atoms with van der Waals surface area (Å²) in [5.41, 5.74) is 1.70. The Balaban J connectivity index is 2.25. The largest absolute Gasteiger partial charge is 0.313 e. The Morgan fingerprint density at radius 1 is 1.44 bits per heavy atom. The minimum absolute atomic E-state index is 0.0527. The fraction of sp³-hybridized carbons (Fsp3) is 0.308. The second-order valence-corrected chi connectivity index (χ2v) is 4.55. The third-order valence-corrected chi connectivity index (χ3v) is 3.29. The van der Waals surface area contributed by atoms with Crippen LogP contribution >= 0.6 is 11.6 Å². The molecule has 1 unspecified atom stereocenters. The van der Waals surface area contributed by atoms with Gasteiger partial charge >= 0.3 is 0 Å². The van der Waals surface area contributed by atoms with Gasteiger partial charge in [0.05, 0.1) is 10.7 Å². The molecule has 0 aliphatic carbocycles. The van der Waals surface area contributed by atoms with Crippen molar-refractivity contribution >= 4 is 11.6 Å². The summed E-state index contributed by atoms with van der Waals surface area (Å²) in [7, 11) is 3.70. The number of aromatic nitrogens is 2. The molecule has 2 aromatic rings. The van der Waals surface area contributed by atoms with Crippen molar-refractivity contribution in [1.82, 2.24) is 15.1 Å². The molecule has 0 radical (unpaired) electrons. The van der Waals surface area contributed by atoms with Crippen LogP contribution in [0, 0.1) is 5.82 Å². The highest BCUT2D eigenvalue weighted by Crippen LogP contribution is 2.27. The van der Waals surface area contributed by atoms with Crippen molar-refractivity contribution < 1.29 is 4.39 Å². The number of benzene rings is 1. The number of hydrogen-bond donors (Lipinski definition) is 1. The Kier molecular flexibility index (Phi) is 3.99. The van der Waals surface area contributed by atoms with E-state index in [1.165, 1.54) is 6.07 Å². The first-order chi connectivity index (χ1) is 8.61. The van der Waals surface area contributed by atoms with Crippen LogP contribution in [-0.4, -0.2) is 16.8 Å². The van der Waals surface area contributed by atoms with Crippen molar-refractivity contribution in [2.24, 2.45) is 7.05 Å². The van der Waals surface area contributed by atoms with Crippen LogP contribution in [0.3, 0.4) is 0 Å². The zero-order valence-electron chi connectivity index (χ0n) is 10.3. The first-order valence-electron chi connectivity index (χ1n) is 5.71. The van der Waals surface area contributed by atoms with Gasteiger partial charge < -0.3 is 5.32 Å². The van der Waals surface area contributed by atoms with Crippen molar-refractivity contribution in [3.63, 3.8) is 0 Å². The van der Waals surface area contributed by atoms with E-state index in [2.05, 4.69) is 10.4 Å². The van der Waals surface area contributed by atoms with Gasteiger partial charge in [-0.3, -0.25) is 4.68 Å². The highest BCUT2D eigenvalue weighted by atomic mass is 35.5. The summed E-state index contributed by atoms with van der Waals surface area (Å²) in [6, 6.07) is 6.74. The lowest BCUT2D eigenvalue weighted by atomic mass is 10.0. The Labute approximate surface area is 111 Å². The molecular formula is C13H15ClFN3. The van der Waals surface area contributed by atoms with Crippen molar-refractivity contribution in [3.05, 3.63) is 52.6 Å².